The van der Waals surface area contributed by atoms with Crippen LogP contribution in [0.15, 0.2) is 67.0 Å². The fraction of sp³-hybridized carbons (Fsp3) is 0.280. The van der Waals surface area contributed by atoms with E-state index in [4.69, 9.17) is 11.6 Å². The second kappa shape index (κ2) is 8.69. The highest BCUT2D eigenvalue weighted by molar-refractivity contribution is 6.30. The van der Waals surface area contributed by atoms with Crippen LogP contribution in [-0.4, -0.2) is 47.0 Å². The Balaban J connectivity index is 1.37. The number of carbonyl (C=O) groups excluding carboxylic acids is 1. The summed E-state index contributed by atoms with van der Waals surface area (Å²) >= 11 is 6.33. The number of aromatic nitrogens is 1. The Labute approximate surface area is 187 Å². The van der Waals surface area contributed by atoms with E-state index < -0.39 is 0 Å². The van der Waals surface area contributed by atoms with Gasteiger partial charge >= 0.3 is 6.03 Å². The molecule has 1 aromatic heterocycles. The van der Waals surface area contributed by atoms with Gasteiger partial charge in [-0.25, -0.2) is 4.79 Å². The van der Waals surface area contributed by atoms with Crippen molar-refractivity contribution in [1.82, 2.24) is 14.8 Å². The van der Waals surface area contributed by atoms with Crippen LogP contribution in [0.2, 0.25) is 5.02 Å². The first-order valence-corrected chi connectivity index (χ1v) is 11.1. The molecule has 31 heavy (non-hydrogen) atoms. The van der Waals surface area contributed by atoms with E-state index in [0.29, 0.717) is 13.1 Å². The Hall–Kier alpha value is -2.89. The van der Waals surface area contributed by atoms with E-state index in [1.807, 2.05) is 23.1 Å². The summed E-state index contributed by atoms with van der Waals surface area (Å²) in [5.74, 6) is 0. The molecule has 5 nitrogen and oxygen atoms in total. The van der Waals surface area contributed by atoms with Crippen LogP contribution < -0.4 is 5.32 Å². The number of anilines is 1. The summed E-state index contributed by atoms with van der Waals surface area (Å²) in [7, 11) is 0. The van der Waals surface area contributed by atoms with Crippen molar-refractivity contribution in [2.24, 2.45) is 0 Å². The van der Waals surface area contributed by atoms with Crippen LogP contribution in [-0.2, 0) is 12.8 Å². The minimum Gasteiger partial charge on any atom is -0.322 e. The summed E-state index contributed by atoms with van der Waals surface area (Å²) < 4.78 is 0. The number of amides is 2. The molecule has 0 radical (unpaired) electrons. The van der Waals surface area contributed by atoms with E-state index in [9.17, 15) is 4.79 Å². The van der Waals surface area contributed by atoms with Crippen LogP contribution in [0.25, 0.3) is 0 Å². The summed E-state index contributed by atoms with van der Waals surface area (Å²) in [5.41, 5.74) is 6.15. The highest BCUT2D eigenvalue weighted by Gasteiger charge is 2.32. The molecule has 2 aromatic carbocycles. The molecule has 0 saturated carbocycles. The molecule has 1 aliphatic heterocycles. The van der Waals surface area contributed by atoms with Gasteiger partial charge in [-0.15, -0.1) is 0 Å². The zero-order valence-electron chi connectivity index (χ0n) is 17.3. The quantitative estimate of drug-likeness (QED) is 0.634. The molecule has 2 amide bonds. The van der Waals surface area contributed by atoms with Crippen molar-refractivity contribution in [1.29, 1.82) is 0 Å². The van der Waals surface area contributed by atoms with Crippen molar-refractivity contribution >= 4 is 23.3 Å². The molecule has 1 N–H and O–H groups in total. The van der Waals surface area contributed by atoms with Crippen LogP contribution in [0.4, 0.5) is 10.5 Å². The number of carbonyl (C=O) groups is 1. The number of rotatable bonds is 2. The number of nitrogens with zero attached hydrogens (tertiary/aromatic N) is 3. The maximum Gasteiger partial charge on any atom is 0.321 e. The third-order valence-corrected chi connectivity index (χ3v) is 6.53. The van der Waals surface area contributed by atoms with Gasteiger partial charge in [-0.1, -0.05) is 41.9 Å². The van der Waals surface area contributed by atoms with Crippen molar-refractivity contribution in [3.8, 4) is 0 Å². The molecule has 1 unspecified atom stereocenters. The highest BCUT2D eigenvalue weighted by Crippen LogP contribution is 2.38. The Morgan fingerprint density at radius 1 is 0.935 bits per heavy atom. The largest absolute Gasteiger partial charge is 0.322 e. The van der Waals surface area contributed by atoms with Crippen LogP contribution >= 0.6 is 11.6 Å². The number of aryl methyl sites for hydroxylation is 2. The summed E-state index contributed by atoms with van der Waals surface area (Å²) in [6.45, 7) is 3.02. The number of benzene rings is 2. The second-order valence-electron chi connectivity index (χ2n) is 8.14. The minimum absolute atomic E-state index is 0.0684. The number of fused-ring (bicyclic) bond motifs is 2. The van der Waals surface area contributed by atoms with E-state index in [1.54, 1.807) is 12.4 Å². The van der Waals surface area contributed by atoms with E-state index in [0.717, 1.165) is 36.6 Å². The lowest BCUT2D eigenvalue weighted by atomic mass is 9.92. The molecule has 2 aliphatic rings. The number of pyridine rings is 1. The standard InChI is InChI=1S/C25H25ClN4O/c26-20-9-10-23-19(16-20)8-7-18-4-1-2-6-22(18)24(23)29-12-14-30(15-13-29)25(31)28-21-5-3-11-27-17-21/h1-6,9-11,16-17,24H,7-8,12-15H2,(H,28,31). The van der Waals surface area contributed by atoms with Crippen LogP contribution in [0.3, 0.4) is 0 Å². The third-order valence-electron chi connectivity index (χ3n) is 6.29. The molecule has 2 heterocycles. The third kappa shape index (κ3) is 4.16. The normalized spacial score (nSPS) is 18.6. The van der Waals surface area contributed by atoms with Gasteiger partial charge < -0.3 is 10.2 Å². The van der Waals surface area contributed by atoms with Gasteiger partial charge in [-0.3, -0.25) is 9.88 Å². The predicted molar refractivity (Wildman–Crippen MR) is 124 cm³/mol. The number of halogens is 1. The molecule has 0 spiro atoms. The monoisotopic (exact) mass is 432 g/mol. The fourth-order valence-corrected chi connectivity index (χ4v) is 4.93. The summed E-state index contributed by atoms with van der Waals surface area (Å²) in [5, 5.41) is 3.74. The lowest BCUT2D eigenvalue weighted by Gasteiger charge is -2.40. The maximum absolute atomic E-state index is 12.7. The van der Waals surface area contributed by atoms with Gasteiger partial charge in [0.1, 0.15) is 0 Å². The molecule has 0 bridgehead atoms. The Bertz CT molecular complexity index is 1080. The molecule has 5 rings (SSSR count). The van der Waals surface area contributed by atoms with Crippen molar-refractivity contribution in [3.63, 3.8) is 0 Å². The molecule has 158 valence electrons. The summed E-state index contributed by atoms with van der Waals surface area (Å²) in [6.07, 6.45) is 5.38. The first kappa shape index (κ1) is 20.0. The summed E-state index contributed by atoms with van der Waals surface area (Å²) in [6, 6.07) is 18.9. The van der Waals surface area contributed by atoms with Gasteiger partial charge in [0.25, 0.3) is 0 Å². The smallest absolute Gasteiger partial charge is 0.321 e. The van der Waals surface area contributed by atoms with Gasteiger partial charge in [0.15, 0.2) is 0 Å². The van der Waals surface area contributed by atoms with Crippen molar-refractivity contribution in [2.75, 3.05) is 31.5 Å². The Morgan fingerprint density at radius 3 is 2.52 bits per heavy atom. The number of nitrogens with one attached hydrogen (secondary N) is 1. The first-order chi connectivity index (χ1) is 15.2. The van der Waals surface area contributed by atoms with E-state index in [2.05, 4.69) is 51.6 Å². The van der Waals surface area contributed by atoms with Crippen molar-refractivity contribution in [3.05, 3.63) is 94.3 Å². The average Bonchev–Trinajstić information content (AvgIpc) is 2.96. The summed E-state index contributed by atoms with van der Waals surface area (Å²) in [4.78, 5) is 21.1. The molecule has 1 aliphatic carbocycles. The molecular weight excluding hydrogens is 408 g/mol. The van der Waals surface area contributed by atoms with Gasteiger partial charge in [0, 0.05) is 37.4 Å². The number of hydrogen-bond acceptors (Lipinski definition) is 3. The predicted octanol–water partition coefficient (Wildman–Crippen LogP) is 4.77. The van der Waals surface area contributed by atoms with Gasteiger partial charge in [0.2, 0.25) is 0 Å². The van der Waals surface area contributed by atoms with Gasteiger partial charge in [-0.05, 0) is 59.4 Å². The second-order valence-corrected chi connectivity index (χ2v) is 8.58. The SMILES string of the molecule is O=C(Nc1cccnc1)N1CCN(C2c3ccccc3CCc3cc(Cl)ccc32)CC1. The average molecular weight is 433 g/mol. The molecule has 3 aromatic rings. The van der Waals surface area contributed by atoms with Gasteiger partial charge in [-0.2, -0.15) is 0 Å². The number of piperazine rings is 1. The molecule has 6 heteroatoms. The van der Waals surface area contributed by atoms with E-state index >= 15 is 0 Å². The van der Waals surface area contributed by atoms with Gasteiger partial charge in [0.05, 0.1) is 17.9 Å². The van der Waals surface area contributed by atoms with Crippen molar-refractivity contribution in [2.45, 2.75) is 18.9 Å². The molecule has 1 atom stereocenters. The number of hydrogen-bond donors (Lipinski definition) is 1. The first-order valence-electron chi connectivity index (χ1n) is 10.8. The Kier molecular flexibility index (Phi) is 5.62. The molecule has 1 fully saturated rings. The van der Waals surface area contributed by atoms with Crippen LogP contribution in [0, 0.1) is 0 Å². The zero-order valence-corrected chi connectivity index (χ0v) is 18.1. The molecular formula is C25H25ClN4O. The minimum atomic E-state index is -0.0684. The topological polar surface area (TPSA) is 48.5 Å². The number of urea groups is 1. The lowest BCUT2D eigenvalue weighted by molar-refractivity contribution is 0.126. The highest BCUT2D eigenvalue weighted by atomic mass is 35.5. The Morgan fingerprint density at radius 2 is 1.71 bits per heavy atom. The van der Waals surface area contributed by atoms with Crippen LogP contribution in [0.5, 0.6) is 0 Å². The maximum atomic E-state index is 12.7. The van der Waals surface area contributed by atoms with Crippen LogP contribution in [0.1, 0.15) is 28.3 Å². The molecule has 1 saturated heterocycles. The van der Waals surface area contributed by atoms with Crippen molar-refractivity contribution < 1.29 is 4.79 Å². The lowest BCUT2D eigenvalue weighted by Crippen LogP contribution is -2.51. The van der Waals surface area contributed by atoms with E-state index in [1.165, 1.54) is 22.3 Å². The van der Waals surface area contributed by atoms with E-state index in [-0.39, 0.29) is 12.1 Å². The zero-order chi connectivity index (χ0) is 21.2. The fourth-order valence-electron chi connectivity index (χ4n) is 4.74.